The van der Waals surface area contributed by atoms with Crippen molar-refractivity contribution in [2.75, 3.05) is 5.32 Å². The van der Waals surface area contributed by atoms with Crippen LogP contribution in [0, 0.1) is 13.8 Å². The third kappa shape index (κ3) is 2.59. The number of amides is 1. The average molecular weight is 244 g/mol. The number of hydrogen-bond donors (Lipinski definition) is 1. The van der Waals surface area contributed by atoms with E-state index >= 15 is 0 Å². The monoisotopic (exact) mass is 244 g/mol. The predicted molar refractivity (Wildman–Crippen MR) is 70.3 cm³/mol. The van der Waals surface area contributed by atoms with Gasteiger partial charge in [0.2, 0.25) is 5.91 Å². The number of carbonyl (C=O) groups excluding carboxylic acids is 1. The fraction of sp³-hybridized carbons (Fsp3) is 0.286. The van der Waals surface area contributed by atoms with E-state index < -0.39 is 0 Å². The van der Waals surface area contributed by atoms with Gasteiger partial charge in [0.05, 0.1) is 0 Å². The van der Waals surface area contributed by atoms with Crippen LogP contribution in [0.2, 0.25) is 0 Å². The molecule has 94 valence electrons. The topological polar surface area (TPSA) is 55.1 Å². The van der Waals surface area contributed by atoms with E-state index in [0.29, 0.717) is 12.3 Å². The summed E-state index contributed by atoms with van der Waals surface area (Å²) in [4.78, 5) is 15.6. The van der Waals surface area contributed by atoms with Crippen LogP contribution in [0.5, 0.6) is 0 Å². The molecule has 0 unspecified atom stereocenters. The van der Waals surface area contributed by atoms with Gasteiger partial charge in [0.25, 0.3) is 0 Å². The zero-order valence-corrected chi connectivity index (χ0v) is 10.8. The lowest BCUT2D eigenvalue weighted by atomic mass is 10.1. The molecule has 2 aromatic rings. The first-order valence-corrected chi connectivity index (χ1v) is 5.94. The first-order chi connectivity index (χ1) is 8.60. The summed E-state index contributed by atoms with van der Waals surface area (Å²) in [6, 6.07) is 7.59. The second-order valence-corrected chi connectivity index (χ2v) is 4.12. The lowest BCUT2D eigenvalue weighted by Crippen LogP contribution is -2.09. The van der Waals surface area contributed by atoms with Crippen molar-refractivity contribution in [1.29, 1.82) is 0 Å². The van der Waals surface area contributed by atoms with Gasteiger partial charge in [-0.05, 0) is 19.1 Å². The van der Waals surface area contributed by atoms with Crippen LogP contribution in [0.15, 0.2) is 28.7 Å². The molecule has 18 heavy (non-hydrogen) atoms. The second kappa shape index (κ2) is 5.04. The molecule has 0 spiro atoms. The summed E-state index contributed by atoms with van der Waals surface area (Å²) >= 11 is 0. The minimum atomic E-state index is 0.0104. The normalized spacial score (nSPS) is 10.4. The maximum atomic E-state index is 11.3. The van der Waals surface area contributed by atoms with Crippen LogP contribution < -0.4 is 5.32 Å². The van der Waals surface area contributed by atoms with Gasteiger partial charge in [0, 0.05) is 24.6 Å². The van der Waals surface area contributed by atoms with Gasteiger partial charge < -0.3 is 9.73 Å². The van der Waals surface area contributed by atoms with E-state index in [9.17, 15) is 4.79 Å². The van der Waals surface area contributed by atoms with Crippen molar-refractivity contribution in [1.82, 2.24) is 4.98 Å². The summed E-state index contributed by atoms with van der Waals surface area (Å²) in [5.41, 5.74) is 2.63. The molecule has 1 aromatic heterocycles. The molecule has 0 saturated carbocycles. The zero-order valence-electron chi connectivity index (χ0n) is 10.8. The first-order valence-electron chi connectivity index (χ1n) is 5.94. The van der Waals surface area contributed by atoms with Gasteiger partial charge in [0.1, 0.15) is 11.5 Å². The van der Waals surface area contributed by atoms with Crippen LogP contribution in [-0.2, 0) is 4.79 Å². The maximum absolute atomic E-state index is 11.3. The van der Waals surface area contributed by atoms with E-state index in [-0.39, 0.29) is 5.91 Å². The Bertz CT molecular complexity index is 556. The molecule has 1 N–H and O–H groups in total. The van der Waals surface area contributed by atoms with E-state index in [1.54, 1.807) is 0 Å². The number of nitrogens with zero attached hydrogens (tertiary/aromatic N) is 1. The van der Waals surface area contributed by atoms with Crippen LogP contribution in [0.3, 0.4) is 0 Å². The summed E-state index contributed by atoms with van der Waals surface area (Å²) in [5, 5.41) is 2.81. The lowest BCUT2D eigenvalue weighted by molar-refractivity contribution is -0.115. The molecular weight excluding hydrogens is 228 g/mol. The molecule has 0 saturated heterocycles. The van der Waals surface area contributed by atoms with Gasteiger partial charge in [-0.1, -0.05) is 19.1 Å². The van der Waals surface area contributed by atoms with Crippen LogP contribution in [0.1, 0.15) is 25.0 Å². The van der Waals surface area contributed by atoms with E-state index in [4.69, 9.17) is 4.42 Å². The average Bonchev–Trinajstić information content (AvgIpc) is 2.69. The molecule has 4 heteroatoms. The summed E-state index contributed by atoms with van der Waals surface area (Å²) in [6.07, 6.45) is 0.476. The van der Waals surface area contributed by atoms with Gasteiger partial charge >= 0.3 is 0 Å². The first kappa shape index (κ1) is 12.4. The molecule has 0 bridgehead atoms. The van der Waals surface area contributed by atoms with E-state index in [1.807, 2.05) is 45.0 Å². The molecule has 0 aliphatic rings. The van der Waals surface area contributed by atoms with Crippen LogP contribution in [-0.4, -0.2) is 10.9 Å². The smallest absolute Gasteiger partial charge is 0.224 e. The molecule has 0 aliphatic carbocycles. The highest BCUT2D eigenvalue weighted by molar-refractivity contribution is 5.90. The van der Waals surface area contributed by atoms with Crippen LogP contribution in [0.4, 0.5) is 5.69 Å². The Morgan fingerprint density at radius 3 is 2.44 bits per heavy atom. The van der Waals surface area contributed by atoms with Crippen molar-refractivity contribution in [2.45, 2.75) is 27.2 Å². The Balaban J connectivity index is 2.22. The highest BCUT2D eigenvalue weighted by atomic mass is 16.4. The number of benzene rings is 1. The zero-order chi connectivity index (χ0) is 13.1. The summed E-state index contributed by atoms with van der Waals surface area (Å²) in [6.45, 7) is 5.54. The Kier molecular flexibility index (Phi) is 3.46. The Morgan fingerprint density at radius 1 is 1.28 bits per heavy atom. The van der Waals surface area contributed by atoms with Gasteiger partial charge in [-0.3, -0.25) is 4.79 Å². The third-order valence-electron chi connectivity index (χ3n) is 2.67. The minimum Gasteiger partial charge on any atom is -0.446 e. The molecule has 2 rings (SSSR count). The van der Waals surface area contributed by atoms with Crippen molar-refractivity contribution < 1.29 is 9.21 Å². The van der Waals surface area contributed by atoms with Crippen molar-refractivity contribution in [3.05, 3.63) is 35.9 Å². The Morgan fingerprint density at radius 2 is 1.94 bits per heavy atom. The van der Waals surface area contributed by atoms with Crippen molar-refractivity contribution >= 4 is 11.6 Å². The number of aryl methyl sites for hydroxylation is 2. The van der Waals surface area contributed by atoms with E-state index in [0.717, 1.165) is 22.7 Å². The number of rotatable bonds is 3. The minimum absolute atomic E-state index is 0.0104. The number of oxazole rings is 1. The molecule has 0 fully saturated rings. The van der Waals surface area contributed by atoms with Crippen LogP contribution in [0.25, 0.3) is 11.3 Å². The van der Waals surface area contributed by atoms with Crippen LogP contribution >= 0.6 is 0 Å². The predicted octanol–water partition coefficient (Wildman–Crippen LogP) is 3.31. The fourth-order valence-electron chi connectivity index (χ4n) is 1.76. The molecule has 1 heterocycles. The molecule has 0 atom stereocenters. The Labute approximate surface area is 106 Å². The van der Waals surface area contributed by atoms with Gasteiger partial charge in [-0.15, -0.1) is 0 Å². The Hall–Kier alpha value is -2.10. The van der Waals surface area contributed by atoms with E-state index in [2.05, 4.69) is 10.3 Å². The molecular formula is C14H16N2O2. The van der Waals surface area contributed by atoms with Gasteiger partial charge in [-0.2, -0.15) is 0 Å². The molecule has 0 radical (unpaired) electrons. The number of anilines is 1. The van der Waals surface area contributed by atoms with E-state index in [1.165, 1.54) is 0 Å². The van der Waals surface area contributed by atoms with Crippen molar-refractivity contribution in [3.63, 3.8) is 0 Å². The highest BCUT2D eigenvalue weighted by Crippen LogP contribution is 2.24. The highest BCUT2D eigenvalue weighted by Gasteiger charge is 2.09. The van der Waals surface area contributed by atoms with Crippen molar-refractivity contribution in [2.24, 2.45) is 0 Å². The lowest BCUT2D eigenvalue weighted by Gasteiger charge is -2.04. The number of carbonyl (C=O) groups is 1. The summed E-state index contributed by atoms with van der Waals surface area (Å²) < 4.78 is 5.40. The molecule has 0 aliphatic heterocycles. The standard InChI is InChI=1S/C14H16N2O2/c1-4-13(17)16-12-7-5-11(6-8-12)14-9(2)18-10(3)15-14/h5-8H,4H2,1-3H3,(H,16,17). The second-order valence-electron chi connectivity index (χ2n) is 4.12. The van der Waals surface area contributed by atoms with Crippen molar-refractivity contribution in [3.8, 4) is 11.3 Å². The molecule has 1 amide bonds. The molecule has 1 aromatic carbocycles. The maximum Gasteiger partial charge on any atom is 0.224 e. The SMILES string of the molecule is CCC(=O)Nc1ccc(-c2nc(C)oc2C)cc1. The quantitative estimate of drug-likeness (QED) is 0.901. The molecule has 4 nitrogen and oxygen atoms in total. The number of nitrogens with one attached hydrogen (secondary N) is 1. The van der Waals surface area contributed by atoms with Gasteiger partial charge in [0.15, 0.2) is 5.89 Å². The third-order valence-corrected chi connectivity index (χ3v) is 2.67. The fourth-order valence-corrected chi connectivity index (χ4v) is 1.76. The largest absolute Gasteiger partial charge is 0.446 e. The van der Waals surface area contributed by atoms with Gasteiger partial charge in [-0.25, -0.2) is 4.98 Å². The number of aromatic nitrogens is 1. The summed E-state index contributed by atoms with van der Waals surface area (Å²) in [5.74, 6) is 1.47. The number of hydrogen-bond acceptors (Lipinski definition) is 3. The summed E-state index contributed by atoms with van der Waals surface area (Å²) in [7, 11) is 0.